The Hall–Kier alpha value is -1.00. The van der Waals surface area contributed by atoms with Crippen LogP contribution in [-0.2, 0) is 4.74 Å². The largest absolute Gasteiger partial charge is 0.388 e. The zero-order valence-electron chi connectivity index (χ0n) is 10.4. The molecule has 0 amide bonds. The zero-order valence-corrected chi connectivity index (χ0v) is 10.4. The molecule has 1 aromatic carbocycles. The normalized spacial score (nSPS) is 24.7. The average Bonchev–Trinajstić information content (AvgIpc) is 2.24. The molecule has 1 aliphatic rings. The van der Waals surface area contributed by atoms with Gasteiger partial charge in [-0.1, -0.05) is 0 Å². The van der Waals surface area contributed by atoms with Crippen LogP contribution in [0.2, 0.25) is 0 Å². The molecule has 1 N–H and O–H groups in total. The molecule has 1 fully saturated rings. The third-order valence-electron chi connectivity index (χ3n) is 3.42. The van der Waals surface area contributed by atoms with E-state index in [1.807, 2.05) is 6.92 Å². The van der Waals surface area contributed by atoms with Gasteiger partial charge in [-0.2, -0.15) is 0 Å². The first-order valence-electron chi connectivity index (χ1n) is 6.34. The van der Waals surface area contributed by atoms with Gasteiger partial charge in [0.25, 0.3) is 0 Å². The Morgan fingerprint density at radius 1 is 1.28 bits per heavy atom. The predicted octanol–water partition coefficient (Wildman–Crippen LogP) is 3.20. The third kappa shape index (κ3) is 3.27. The van der Waals surface area contributed by atoms with Crippen LogP contribution in [-0.4, -0.2) is 17.8 Å². The third-order valence-corrected chi connectivity index (χ3v) is 3.42. The fourth-order valence-corrected chi connectivity index (χ4v) is 2.46. The van der Waals surface area contributed by atoms with Gasteiger partial charge < -0.3 is 9.84 Å². The Morgan fingerprint density at radius 3 is 2.44 bits per heavy atom. The van der Waals surface area contributed by atoms with Gasteiger partial charge in [-0.25, -0.2) is 8.78 Å². The molecule has 1 atom stereocenters. The Morgan fingerprint density at radius 2 is 1.89 bits per heavy atom. The number of benzene rings is 1. The Labute approximate surface area is 106 Å². The van der Waals surface area contributed by atoms with Gasteiger partial charge in [0, 0.05) is 12.7 Å². The SMILES string of the molecule is CCOC1CC(CC(O)c2cc(F)cc(F)c2)C1. The number of aliphatic hydroxyl groups is 1. The minimum Gasteiger partial charge on any atom is -0.388 e. The van der Waals surface area contributed by atoms with Crippen molar-refractivity contribution in [1.82, 2.24) is 0 Å². The molecular formula is C14H18F2O2. The fraction of sp³-hybridized carbons (Fsp3) is 0.571. The summed E-state index contributed by atoms with van der Waals surface area (Å²) in [5, 5.41) is 9.95. The van der Waals surface area contributed by atoms with E-state index in [-0.39, 0.29) is 6.10 Å². The van der Waals surface area contributed by atoms with Gasteiger partial charge in [0.05, 0.1) is 12.2 Å². The molecule has 1 unspecified atom stereocenters. The summed E-state index contributed by atoms with van der Waals surface area (Å²) in [4.78, 5) is 0. The average molecular weight is 256 g/mol. The van der Waals surface area contributed by atoms with E-state index in [1.54, 1.807) is 0 Å². The number of halogens is 2. The van der Waals surface area contributed by atoms with E-state index in [2.05, 4.69) is 0 Å². The summed E-state index contributed by atoms with van der Waals surface area (Å²) < 4.78 is 31.5. The number of hydrogen-bond donors (Lipinski definition) is 1. The van der Waals surface area contributed by atoms with E-state index in [1.165, 1.54) is 12.1 Å². The van der Waals surface area contributed by atoms with Gasteiger partial charge in [-0.3, -0.25) is 0 Å². The van der Waals surface area contributed by atoms with Gasteiger partial charge in [-0.15, -0.1) is 0 Å². The number of hydrogen-bond acceptors (Lipinski definition) is 2. The smallest absolute Gasteiger partial charge is 0.126 e. The van der Waals surface area contributed by atoms with Crippen molar-refractivity contribution >= 4 is 0 Å². The van der Waals surface area contributed by atoms with Crippen LogP contribution in [0.3, 0.4) is 0 Å². The van der Waals surface area contributed by atoms with Crippen molar-refractivity contribution in [3.05, 3.63) is 35.4 Å². The van der Waals surface area contributed by atoms with Gasteiger partial charge in [0.15, 0.2) is 0 Å². The van der Waals surface area contributed by atoms with E-state index in [0.29, 0.717) is 24.5 Å². The van der Waals surface area contributed by atoms with Crippen LogP contribution < -0.4 is 0 Å². The summed E-state index contributed by atoms with van der Waals surface area (Å²) in [6, 6.07) is 3.18. The lowest BCUT2D eigenvalue weighted by molar-refractivity contribution is -0.0380. The quantitative estimate of drug-likeness (QED) is 0.876. The molecule has 1 aromatic rings. The molecule has 4 heteroatoms. The molecule has 0 spiro atoms. The van der Waals surface area contributed by atoms with Crippen molar-refractivity contribution in [2.45, 2.75) is 38.4 Å². The van der Waals surface area contributed by atoms with E-state index in [4.69, 9.17) is 4.74 Å². The summed E-state index contributed by atoms with van der Waals surface area (Å²) in [6.07, 6.45) is 1.86. The zero-order chi connectivity index (χ0) is 13.1. The molecule has 0 bridgehead atoms. The van der Waals surface area contributed by atoms with Crippen LogP contribution in [0.1, 0.15) is 37.9 Å². The monoisotopic (exact) mass is 256 g/mol. The molecule has 0 aliphatic heterocycles. The highest BCUT2D eigenvalue weighted by atomic mass is 19.1. The predicted molar refractivity (Wildman–Crippen MR) is 64.1 cm³/mol. The van der Waals surface area contributed by atoms with Gasteiger partial charge in [0.1, 0.15) is 11.6 Å². The summed E-state index contributed by atoms with van der Waals surface area (Å²) in [6.45, 7) is 2.66. The van der Waals surface area contributed by atoms with Crippen molar-refractivity contribution in [3.8, 4) is 0 Å². The van der Waals surface area contributed by atoms with Crippen LogP contribution in [0, 0.1) is 17.6 Å². The highest BCUT2D eigenvalue weighted by molar-refractivity contribution is 5.20. The highest BCUT2D eigenvalue weighted by Crippen LogP contribution is 2.37. The van der Waals surface area contributed by atoms with Crippen LogP contribution >= 0.6 is 0 Å². The van der Waals surface area contributed by atoms with Crippen molar-refractivity contribution in [3.63, 3.8) is 0 Å². The fourth-order valence-electron chi connectivity index (χ4n) is 2.46. The molecule has 2 rings (SSSR count). The second-order valence-corrected chi connectivity index (χ2v) is 4.87. The van der Waals surface area contributed by atoms with Gasteiger partial charge >= 0.3 is 0 Å². The lowest BCUT2D eigenvalue weighted by Crippen LogP contribution is -2.32. The van der Waals surface area contributed by atoms with E-state index < -0.39 is 17.7 Å². The first kappa shape index (κ1) is 13.4. The molecule has 1 aliphatic carbocycles. The molecule has 0 saturated heterocycles. The van der Waals surface area contributed by atoms with Crippen molar-refractivity contribution in [2.75, 3.05) is 6.61 Å². The minimum atomic E-state index is -0.803. The summed E-state index contributed by atoms with van der Waals surface area (Å²) in [7, 11) is 0. The number of rotatable bonds is 5. The lowest BCUT2D eigenvalue weighted by Gasteiger charge is -2.36. The van der Waals surface area contributed by atoms with E-state index in [9.17, 15) is 13.9 Å². The standard InChI is InChI=1S/C14H18F2O2/c1-2-18-13-3-9(4-13)5-14(17)10-6-11(15)8-12(16)7-10/h6-9,13-14,17H,2-5H2,1H3. The Balaban J connectivity index is 1.87. The van der Waals surface area contributed by atoms with Crippen LogP contribution in [0.4, 0.5) is 8.78 Å². The Bertz CT molecular complexity index is 383. The topological polar surface area (TPSA) is 29.5 Å². The molecule has 1 saturated carbocycles. The van der Waals surface area contributed by atoms with Crippen LogP contribution in [0.25, 0.3) is 0 Å². The second-order valence-electron chi connectivity index (χ2n) is 4.87. The highest BCUT2D eigenvalue weighted by Gasteiger charge is 2.31. The molecule has 0 heterocycles. The minimum absolute atomic E-state index is 0.288. The summed E-state index contributed by atoms with van der Waals surface area (Å²) in [5.41, 5.74) is 0.312. The maximum absolute atomic E-state index is 13.0. The number of aliphatic hydroxyl groups excluding tert-OH is 1. The van der Waals surface area contributed by atoms with E-state index in [0.717, 1.165) is 18.9 Å². The maximum atomic E-state index is 13.0. The maximum Gasteiger partial charge on any atom is 0.126 e. The molecule has 100 valence electrons. The molecular weight excluding hydrogens is 238 g/mol. The Kier molecular flexibility index (Phi) is 4.30. The van der Waals surface area contributed by atoms with Crippen molar-refractivity contribution in [1.29, 1.82) is 0 Å². The molecule has 18 heavy (non-hydrogen) atoms. The molecule has 2 nitrogen and oxygen atoms in total. The molecule has 0 radical (unpaired) electrons. The summed E-state index contributed by atoms with van der Waals surface area (Å²) in [5.74, 6) is -0.919. The van der Waals surface area contributed by atoms with Gasteiger partial charge in [0.2, 0.25) is 0 Å². The van der Waals surface area contributed by atoms with Crippen LogP contribution in [0.15, 0.2) is 18.2 Å². The summed E-state index contributed by atoms with van der Waals surface area (Å²) >= 11 is 0. The lowest BCUT2D eigenvalue weighted by atomic mass is 9.78. The first-order chi connectivity index (χ1) is 8.58. The number of ether oxygens (including phenoxy) is 1. The molecule has 0 aromatic heterocycles. The van der Waals surface area contributed by atoms with Gasteiger partial charge in [-0.05, 0) is 49.8 Å². The first-order valence-corrected chi connectivity index (χ1v) is 6.34. The van der Waals surface area contributed by atoms with Crippen molar-refractivity contribution in [2.24, 2.45) is 5.92 Å². The van der Waals surface area contributed by atoms with E-state index >= 15 is 0 Å². The van der Waals surface area contributed by atoms with Crippen LogP contribution in [0.5, 0.6) is 0 Å². The second kappa shape index (κ2) is 5.76. The van der Waals surface area contributed by atoms with Crippen molar-refractivity contribution < 1.29 is 18.6 Å².